The Morgan fingerprint density at radius 1 is 1.38 bits per heavy atom. The zero-order valence-electron chi connectivity index (χ0n) is 11.6. The van der Waals surface area contributed by atoms with Crippen molar-refractivity contribution in [1.29, 1.82) is 0 Å². The van der Waals surface area contributed by atoms with Gasteiger partial charge in [-0.25, -0.2) is 0 Å². The highest BCUT2D eigenvalue weighted by molar-refractivity contribution is 8.21. The molecule has 2 fully saturated rings. The highest BCUT2D eigenvalue weighted by Crippen LogP contribution is 2.57. The van der Waals surface area contributed by atoms with Crippen LogP contribution in [-0.4, -0.2) is 44.4 Å². The molecule has 110 valence electrons. The molecular weight excluding hydrogens is 304 g/mol. The molecule has 1 aromatic rings. The molecule has 0 radical (unpaired) electrons. The Bertz CT molecular complexity index is 641. The monoisotopic (exact) mass is 320 g/mol. The average molecular weight is 320 g/mol. The number of amides is 1. The molecule has 0 N–H and O–H groups in total. The van der Waals surface area contributed by atoms with E-state index in [9.17, 15) is 10.0 Å². The first-order chi connectivity index (χ1) is 10.1. The van der Waals surface area contributed by atoms with Crippen LogP contribution in [0.1, 0.15) is 34.8 Å². The minimum atomic E-state index is 0.0359. The number of fused-ring (bicyclic) bond motifs is 3. The second-order valence-corrected chi connectivity index (χ2v) is 8.91. The van der Waals surface area contributed by atoms with E-state index in [0.717, 1.165) is 24.9 Å². The first-order valence-corrected chi connectivity index (χ1v) is 9.08. The molecule has 21 heavy (non-hydrogen) atoms. The van der Waals surface area contributed by atoms with Crippen molar-refractivity contribution in [2.75, 3.05) is 18.1 Å². The summed E-state index contributed by atoms with van der Waals surface area (Å²) in [5, 5.41) is 11.8. The summed E-state index contributed by atoms with van der Waals surface area (Å²) in [6, 6.07) is 5.42. The Balaban J connectivity index is 1.80. The van der Waals surface area contributed by atoms with E-state index in [1.807, 2.05) is 34.5 Å². The van der Waals surface area contributed by atoms with Gasteiger partial charge in [-0.15, -0.1) is 23.5 Å². The van der Waals surface area contributed by atoms with Crippen LogP contribution in [0.5, 0.6) is 0 Å². The minimum absolute atomic E-state index is 0.0359. The number of carbonyl (C=O) groups is 1. The maximum Gasteiger partial charge on any atom is 0.254 e. The van der Waals surface area contributed by atoms with Gasteiger partial charge in [0.1, 0.15) is 6.72 Å². The third-order valence-electron chi connectivity index (χ3n) is 4.60. The maximum absolute atomic E-state index is 12.6. The predicted molar refractivity (Wildman–Crippen MR) is 87.5 cm³/mol. The van der Waals surface area contributed by atoms with Crippen LogP contribution in [0.4, 0.5) is 5.69 Å². The molecule has 1 unspecified atom stereocenters. The van der Waals surface area contributed by atoms with Crippen molar-refractivity contribution in [1.82, 2.24) is 4.90 Å². The quantitative estimate of drug-likeness (QED) is 0.345. The number of nitrogens with zero attached hydrogens (tertiary/aromatic N) is 2. The van der Waals surface area contributed by atoms with Crippen LogP contribution < -0.4 is 0 Å². The summed E-state index contributed by atoms with van der Waals surface area (Å²) in [5.41, 5.74) is 2.12. The van der Waals surface area contributed by atoms with Gasteiger partial charge in [0.05, 0.1) is 21.2 Å². The van der Waals surface area contributed by atoms with Gasteiger partial charge >= 0.3 is 0 Å². The molecule has 3 aliphatic rings. The lowest BCUT2D eigenvalue weighted by Gasteiger charge is -2.40. The molecule has 1 amide bonds. The number of thioether (sulfide) groups is 2. The summed E-state index contributed by atoms with van der Waals surface area (Å²) in [6.07, 6.45) is 1.98. The molecular formula is C15H16N2O2S2. The van der Waals surface area contributed by atoms with Gasteiger partial charge in [0, 0.05) is 24.1 Å². The van der Waals surface area contributed by atoms with Crippen molar-refractivity contribution in [2.24, 2.45) is 0 Å². The van der Waals surface area contributed by atoms with E-state index in [1.54, 1.807) is 12.1 Å². The van der Waals surface area contributed by atoms with Gasteiger partial charge in [0.15, 0.2) is 0 Å². The number of hydrogen-bond donors (Lipinski definition) is 0. The van der Waals surface area contributed by atoms with E-state index in [-0.39, 0.29) is 16.0 Å². The third kappa shape index (κ3) is 1.92. The van der Waals surface area contributed by atoms with Gasteiger partial charge in [-0.3, -0.25) is 4.79 Å². The van der Waals surface area contributed by atoms with Crippen LogP contribution in [0, 0.1) is 5.21 Å². The SMILES string of the molecule is C=[N+]([O-])c1cccc2c1C1CC3(CCN1C2=O)SCCS3. The molecule has 1 atom stereocenters. The van der Waals surface area contributed by atoms with Crippen LogP contribution in [0.25, 0.3) is 0 Å². The van der Waals surface area contributed by atoms with Crippen LogP contribution in [0.2, 0.25) is 0 Å². The molecule has 4 rings (SSSR count). The number of benzene rings is 1. The normalized spacial score (nSPS) is 26.0. The first-order valence-electron chi connectivity index (χ1n) is 7.11. The molecule has 1 aromatic carbocycles. The Kier molecular flexibility index (Phi) is 3.01. The van der Waals surface area contributed by atoms with Crippen molar-refractivity contribution in [3.63, 3.8) is 0 Å². The highest BCUT2D eigenvalue weighted by Gasteiger charge is 2.50. The first kappa shape index (κ1) is 13.5. The highest BCUT2D eigenvalue weighted by atomic mass is 32.2. The molecule has 4 nitrogen and oxygen atoms in total. The smallest absolute Gasteiger partial charge is 0.254 e. The number of carbonyl (C=O) groups excluding carboxylic acids is 1. The Labute approximate surface area is 132 Å². The fourth-order valence-electron chi connectivity index (χ4n) is 3.68. The summed E-state index contributed by atoms with van der Waals surface area (Å²) in [5.74, 6) is 2.44. The fourth-order valence-corrected chi connectivity index (χ4v) is 6.94. The summed E-state index contributed by atoms with van der Waals surface area (Å²) in [7, 11) is 0. The topological polar surface area (TPSA) is 46.4 Å². The largest absolute Gasteiger partial charge is 0.619 e. The molecule has 2 saturated heterocycles. The Hall–Kier alpha value is -1.14. The molecule has 0 aliphatic carbocycles. The van der Waals surface area contributed by atoms with Crippen molar-refractivity contribution in [2.45, 2.75) is 23.0 Å². The Morgan fingerprint density at radius 2 is 2.14 bits per heavy atom. The van der Waals surface area contributed by atoms with Gasteiger partial charge in [0.25, 0.3) is 5.91 Å². The molecule has 0 aromatic heterocycles. The lowest BCUT2D eigenvalue weighted by atomic mass is 9.95. The van der Waals surface area contributed by atoms with Crippen molar-refractivity contribution in [3.05, 3.63) is 34.5 Å². The van der Waals surface area contributed by atoms with E-state index in [0.29, 0.717) is 16.0 Å². The second kappa shape index (κ2) is 4.68. The second-order valence-electron chi connectivity index (χ2n) is 5.69. The molecule has 3 heterocycles. The Morgan fingerprint density at radius 3 is 2.86 bits per heavy atom. The van der Waals surface area contributed by atoms with E-state index in [1.165, 1.54) is 11.5 Å². The van der Waals surface area contributed by atoms with Gasteiger partial charge in [-0.05, 0) is 18.9 Å². The zero-order chi connectivity index (χ0) is 14.6. The van der Waals surface area contributed by atoms with Crippen molar-refractivity contribution in [3.8, 4) is 0 Å². The van der Waals surface area contributed by atoms with Crippen LogP contribution in [-0.2, 0) is 0 Å². The van der Waals surface area contributed by atoms with Crippen LogP contribution in [0.15, 0.2) is 18.2 Å². The fraction of sp³-hybridized carbons (Fsp3) is 0.467. The number of hydrogen-bond acceptors (Lipinski definition) is 4. The van der Waals surface area contributed by atoms with E-state index < -0.39 is 0 Å². The van der Waals surface area contributed by atoms with E-state index >= 15 is 0 Å². The molecule has 1 spiro atoms. The third-order valence-corrected chi connectivity index (χ3v) is 8.18. The van der Waals surface area contributed by atoms with Gasteiger partial charge in [-0.1, -0.05) is 6.07 Å². The molecule has 3 aliphatic heterocycles. The average Bonchev–Trinajstić information content (AvgIpc) is 3.04. The number of piperidine rings is 1. The lowest BCUT2D eigenvalue weighted by Crippen LogP contribution is -2.41. The molecule has 0 bridgehead atoms. The summed E-state index contributed by atoms with van der Waals surface area (Å²) in [4.78, 5) is 14.5. The maximum atomic E-state index is 12.6. The summed E-state index contributed by atoms with van der Waals surface area (Å²) < 4.78 is 0.872. The molecule has 6 heteroatoms. The summed E-state index contributed by atoms with van der Waals surface area (Å²) >= 11 is 4.04. The summed E-state index contributed by atoms with van der Waals surface area (Å²) in [6.45, 7) is 4.26. The van der Waals surface area contributed by atoms with E-state index in [2.05, 4.69) is 6.72 Å². The van der Waals surface area contributed by atoms with Crippen molar-refractivity contribution < 1.29 is 9.53 Å². The lowest BCUT2D eigenvalue weighted by molar-refractivity contribution is -0.351. The zero-order valence-corrected chi connectivity index (χ0v) is 13.2. The minimum Gasteiger partial charge on any atom is -0.619 e. The number of rotatable bonds is 1. The van der Waals surface area contributed by atoms with Gasteiger partial charge in [-0.2, -0.15) is 4.74 Å². The van der Waals surface area contributed by atoms with Crippen LogP contribution >= 0.6 is 23.5 Å². The predicted octanol–water partition coefficient (Wildman–Crippen LogP) is 3.00. The van der Waals surface area contributed by atoms with Crippen molar-refractivity contribution >= 4 is 41.8 Å². The standard InChI is InChI=1S/C15H16N2O2S2/c1-16(19)11-4-2-3-10-13(11)12-9-15(20-7-8-21-15)5-6-17(12)14(10)18/h2-4,12H,1,5-9H2. The van der Waals surface area contributed by atoms with Crippen LogP contribution in [0.3, 0.4) is 0 Å². The van der Waals surface area contributed by atoms with E-state index in [4.69, 9.17) is 0 Å². The van der Waals surface area contributed by atoms with Gasteiger partial charge < -0.3 is 10.1 Å². The molecule has 0 saturated carbocycles. The van der Waals surface area contributed by atoms with Gasteiger partial charge in [0.2, 0.25) is 5.69 Å².